The summed E-state index contributed by atoms with van der Waals surface area (Å²) in [6.45, 7) is 5.54. The van der Waals surface area contributed by atoms with Crippen molar-refractivity contribution in [2.75, 3.05) is 5.75 Å². The number of pyridine rings is 1. The molecule has 0 unspecified atom stereocenters. The maximum Gasteiger partial charge on any atom is 0.186 e. The first-order chi connectivity index (χ1) is 7.08. The highest BCUT2D eigenvalue weighted by Gasteiger charge is 1.93. The van der Waals surface area contributed by atoms with E-state index in [-0.39, 0.29) is 5.12 Å². The van der Waals surface area contributed by atoms with Crippen LogP contribution in [0.15, 0.2) is 18.2 Å². The minimum atomic E-state index is 0.154. The molecule has 1 heterocycles. The van der Waals surface area contributed by atoms with Gasteiger partial charge in [0, 0.05) is 24.1 Å². The summed E-state index contributed by atoms with van der Waals surface area (Å²) >= 11 is 1.32. The molecule has 2 nitrogen and oxygen atoms in total. The second-order valence-electron chi connectivity index (χ2n) is 3.39. The third-order valence-electron chi connectivity index (χ3n) is 1.80. The number of rotatable bonds is 3. The van der Waals surface area contributed by atoms with Gasteiger partial charge in [-0.05, 0) is 31.5 Å². The lowest BCUT2D eigenvalue weighted by molar-refractivity contribution is -0.109. The number of thioether (sulfide) groups is 1. The van der Waals surface area contributed by atoms with E-state index in [4.69, 9.17) is 0 Å². The predicted octanol–water partition coefficient (Wildman–Crippen LogP) is 2.99. The number of aromatic nitrogens is 1. The highest BCUT2D eigenvalue weighted by molar-refractivity contribution is 8.13. The molecule has 80 valence electrons. The van der Waals surface area contributed by atoms with Crippen LogP contribution < -0.4 is 0 Å². The molecular weight excluding hydrogens is 206 g/mol. The first-order valence-corrected chi connectivity index (χ1v) is 5.81. The molecule has 0 atom stereocenters. The first kappa shape index (κ1) is 12.0. The van der Waals surface area contributed by atoms with Crippen molar-refractivity contribution < 1.29 is 4.79 Å². The second kappa shape index (κ2) is 5.71. The van der Waals surface area contributed by atoms with Gasteiger partial charge in [0.2, 0.25) is 0 Å². The number of carbonyl (C=O) groups is 1. The van der Waals surface area contributed by atoms with E-state index in [9.17, 15) is 4.79 Å². The van der Waals surface area contributed by atoms with Gasteiger partial charge in [-0.15, -0.1) is 0 Å². The molecule has 0 fully saturated rings. The average Bonchev–Trinajstić information content (AvgIpc) is 2.10. The fourth-order valence-electron chi connectivity index (χ4n) is 1.31. The summed E-state index contributed by atoms with van der Waals surface area (Å²) in [6, 6.07) is 4.06. The molecular formula is C12H15NOS. The summed E-state index contributed by atoms with van der Waals surface area (Å²) in [5.74, 6) is 0.732. The second-order valence-corrected chi connectivity index (χ2v) is 4.59. The van der Waals surface area contributed by atoms with Crippen molar-refractivity contribution in [3.8, 4) is 0 Å². The maximum absolute atomic E-state index is 10.7. The van der Waals surface area contributed by atoms with Crippen LogP contribution in [0.4, 0.5) is 0 Å². The quantitative estimate of drug-likeness (QED) is 0.786. The highest BCUT2D eigenvalue weighted by atomic mass is 32.2. The molecule has 0 amide bonds. The number of nitrogens with zero attached hydrogens (tertiary/aromatic N) is 1. The van der Waals surface area contributed by atoms with Gasteiger partial charge in [0.15, 0.2) is 5.12 Å². The Bertz CT molecular complexity index is 365. The minimum Gasteiger partial charge on any atom is -0.288 e. The Labute approximate surface area is 94.8 Å². The normalized spacial score (nSPS) is 10.9. The van der Waals surface area contributed by atoms with E-state index >= 15 is 0 Å². The Morgan fingerprint density at radius 1 is 1.40 bits per heavy atom. The van der Waals surface area contributed by atoms with E-state index in [0.29, 0.717) is 0 Å². The zero-order chi connectivity index (χ0) is 11.3. The lowest BCUT2D eigenvalue weighted by Crippen LogP contribution is -1.87. The minimum absolute atomic E-state index is 0.154. The van der Waals surface area contributed by atoms with Gasteiger partial charge in [0.05, 0.1) is 0 Å². The number of hydrogen-bond donors (Lipinski definition) is 0. The van der Waals surface area contributed by atoms with Gasteiger partial charge in [0.1, 0.15) is 0 Å². The molecule has 0 radical (unpaired) electrons. The van der Waals surface area contributed by atoms with E-state index in [0.717, 1.165) is 22.7 Å². The Kier molecular flexibility index (Phi) is 4.56. The van der Waals surface area contributed by atoms with Crippen molar-refractivity contribution in [3.63, 3.8) is 0 Å². The molecule has 0 saturated carbocycles. The van der Waals surface area contributed by atoms with Crippen LogP contribution in [0.25, 0.3) is 6.08 Å². The Balaban J connectivity index is 2.60. The summed E-state index contributed by atoms with van der Waals surface area (Å²) in [5, 5.41) is 0.154. The smallest absolute Gasteiger partial charge is 0.186 e. The Morgan fingerprint density at radius 3 is 2.53 bits per heavy atom. The molecule has 0 spiro atoms. The standard InChI is InChI=1S/C12H15NOS/c1-9-7-12(8-10(2)13-9)5-4-6-15-11(3)14/h4-5,7-8H,6H2,1-3H3. The SMILES string of the molecule is CC(=O)SCC=Cc1cc(C)nc(C)c1. The largest absolute Gasteiger partial charge is 0.288 e. The zero-order valence-electron chi connectivity index (χ0n) is 9.28. The Morgan fingerprint density at radius 2 is 2.00 bits per heavy atom. The third kappa shape index (κ3) is 4.79. The van der Waals surface area contributed by atoms with Gasteiger partial charge in [-0.1, -0.05) is 23.9 Å². The predicted molar refractivity (Wildman–Crippen MR) is 65.9 cm³/mol. The molecule has 0 bridgehead atoms. The van der Waals surface area contributed by atoms with Crippen molar-refractivity contribution in [1.82, 2.24) is 4.98 Å². The number of carbonyl (C=O) groups excluding carboxylic acids is 1. The number of hydrogen-bond acceptors (Lipinski definition) is 3. The van der Waals surface area contributed by atoms with Crippen molar-refractivity contribution in [2.45, 2.75) is 20.8 Å². The molecule has 0 aliphatic carbocycles. The molecule has 0 aromatic carbocycles. The van der Waals surface area contributed by atoms with Crippen LogP contribution in [0.2, 0.25) is 0 Å². The monoisotopic (exact) mass is 221 g/mol. The van der Waals surface area contributed by atoms with Crippen LogP contribution >= 0.6 is 11.8 Å². The van der Waals surface area contributed by atoms with Crippen molar-refractivity contribution in [1.29, 1.82) is 0 Å². The highest BCUT2D eigenvalue weighted by Crippen LogP contribution is 2.08. The van der Waals surface area contributed by atoms with Crippen LogP contribution in [0, 0.1) is 13.8 Å². The lowest BCUT2D eigenvalue weighted by atomic mass is 10.2. The van der Waals surface area contributed by atoms with Gasteiger partial charge >= 0.3 is 0 Å². The van der Waals surface area contributed by atoms with Crippen molar-refractivity contribution in [3.05, 3.63) is 35.2 Å². The average molecular weight is 221 g/mol. The summed E-state index contributed by atoms with van der Waals surface area (Å²) in [7, 11) is 0. The summed E-state index contributed by atoms with van der Waals surface area (Å²) in [6.07, 6.45) is 4.03. The number of aryl methyl sites for hydroxylation is 2. The molecule has 15 heavy (non-hydrogen) atoms. The zero-order valence-corrected chi connectivity index (χ0v) is 10.1. The fraction of sp³-hybridized carbons (Fsp3) is 0.333. The van der Waals surface area contributed by atoms with E-state index in [2.05, 4.69) is 4.98 Å². The van der Waals surface area contributed by atoms with Crippen LogP contribution in [0.5, 0.6) is 0 Å². The van der Waals surface area contributed by atoms with Gasteiger partial charge in [-0.2, -0.15) is 0 Å². The van der Waals surface area contributed by atoms with Crippen LogP contribution in [-0.4, -0.2) is 15.9 Å². The summed E-state index contributed by atoms with van der Waals surface area (Å²) in [5.41, 5.74) is 3.19. The molecule has 1 aromatic rings. The van der Waals surface area contributed by atoms with Crippen LogP contribution in [0.3, 0.4) is 0 Å². The van der Waals surface area contributed by atoms with Crippen molar-refractivity contribution in [2.24, 2.45) is 0 Å². The van der Waals surface area contributed by atoms with Crippen LogP contribution in [-0.2, 0) is 4.79 Å². The lowest BCUT2D eigenvalue weighted by Gasteiger charge is -1.98. The van der Waals surface area contributed by atoms with E-state index in [1.807, 2.05) is 38.1 Å². The van der Waals surface area contributed by atoms with E-state index in [1.54, 1.807) is 6.92 Å². The third-order valence-corrected chi connectivity index (χ3v) is 2.56. The van der Waals surface area contributed by atoms with Gasteiger partial charge in [-0.3, -0.25) is 9.78 Å². The van der Waals surface area contributed by atoms with Gasteiger partial charge in [0.25, 0.3) is 0 Å². The molecule has 0 saturated heterocycles. The maximum atomic E-state index is 10.7. The van der Waals surface area contributed by atoms with E-state index < -0.39 is 0 Å². The van der Waals surface area contributed by atoms with Gasteiger partial charge < -0.3 is 0 Å². The molecule has 1 rings (SSSR count). The fourth-order valence-corrected chi connectivity index (χ4v) is 1.74. The van der Waals surface area contributed by atoms with E-state index in [1.165, 1.54) is 11.8 Å². The Hall–Kier alpha value is -1.09. The molecule has 0 aliphatic rings. The molecule has 0 N–H and O–H groups in total. The van der Waals surface area contributed by atoms with Crippen LogP contribution in [0.1, 0.15) is 23.9 Å². The molecule has 1 aromatic heterocycles. The summed E-state index contributed by atoms with van der Waals surface area (Å²) in [4.78, 5) is 15.0. The first-order valence-electron chi connectivity index (χ1n) is 4.83. The summed E-state index contributed by atoms with van der Waals surface area (Å²) < 4.78 is 0. The topological polar surface area (TPSA) is 30.0 Å². The molecule has 0 aliphatic heterocycles. The van der Waals surface area contributed by atoms with Gasteiger partial charge in [-0.25, -0.2) is 0 Å². The van der Waals surface area contributed by atoms with Crippen molar-refractivity contribution >= 4 is 23.0 Å². The molecule has 3 heteroatoms.